The first-order valence-electron chi connectivity index (χ1n) is 8.65. The second-order valence-electron chi connectivity index (χ2n) is 6.74. The van der Waals surface area contributed by atoms with Gasteiger partial charge in [0.2, 0.25) is 0 Å². The summed E-state index contributed by atoms with van der Waals surface area (Å²) in [5, 5.41) is 0. The molecule has 0 saturated carbocycles. The lowest BCUT2D eigenvalue weighted by atomic mass is 9.77. The number of fused-ring (bicyclic) bond motifs is 4. The highest BCUT2D eigenvalue weighted by Crippen LogP contribution is 2.52. The molecule has 3 aromatic carbocycles. The molecule has 0 aliphatic heterocycles. The normalized spacial score (nSPS) is 11.8. The van der Waals surface area contributed by atoms with Gasteiger partial charge in [0.05, 0.1) is 0 Å². The summed E-state index contributed by atoms with van der Waals surface area (Å²) < 4.78 is 72.0. The average molecular weight is 374 g/mol. The minimum atomic E-state index is -1.17. The van der Waals surface area contributed by atoms with Gasteiger partial charge in [-0.05, 0) is 41.7 Å². The lowest BCUT2D eigenvalue weighted by molar-refractivity contribution is 0.499. The maximum absolute atomic E-state index is 15.1. The van der Waals surface area contributed by atoms with Crippen LogP contribution in [0.25, 0.3) is 33.4 Å². The largest absolute Gasteiger partial charge is 0.206 e. The van der Waals surface area contributed by atoms with E-state index in [1.165, 1.54) is 37.3 Å². The Bertz CT molecular complexity index is 1100. The molecule has 0 fully saturated rings. The molecule has 27 heavy (non-hydrogen) atoms. The second-order valence-corrected chi connectivity index (χ2v) is 6.74. The van der Waals surface area contributed by atoms with Crippen molar-refractivity contribution in [3.8, 4) is 33.4 Å². The summed E-state index contributed by atoms with van der Waals surface area (Å²) in [5.41, 5.74) is 0.544. The van der Waals surface area contributed by atoms with E-state index in [0.717, 1.165) is 0 Å². The summed E-state index contributed by atoms with van der Waals surface area (Å²) in [7, 11) is 0. The van der Waals surface area contributed by atoms with E-state index in [1.807, 2.05) is 6.92 Å². The molecule has 0 amide bonds. The number of rotatable bonds is 3. The fourth-order valence-electron chi connectivity index (χ4n) is 3.63. The summed E-state index contributed by atoms with van der Waals surface area (Å²) in [4.78, 5) is 0. The van der Waals surface area contributed by atoms with Crippen molar-refractivity contribution in [2.24, 2.45) is 0 Å². The topological polar surface area (TPSA) is 0 Å². The van der Waals surface area contributed by atoms with Gasteiger partial charge in [0.25, 0.3) is 0 Å². The number of hydrogen-bond acceptors (Lipinski definition) is 0. The van der Waals surface area contributed by atoms with Crippen LogP contribution in [0.4, 0.5) is 22.0 Å². The number of halogens is 5. The monoisotopic (exact) mass is 374 g/mol. The van der Waals surface area contributed by atoms with E-state index in [9.17, 15) is 17.6 Å². The van der Waals surface area contributed by atoms with E-state index in [-0.39, 0.29) is 33.4 Å². The fourth-order valence-corrected chi connectivity index (χ4v) is 3.63. The first-order valence-corrected chi connectivity index (χ1v) is 8.65. The smallest absolute Gasteiger partial charge is 0.167 e. The summed E-state index contributed by atoms with van der Waals surface area (Å²) >= 11 is 0. The molecule has 1 aliphatic rings. The third-order valence-electron chi connectivity index (χ3n) is 5.05. The van der Waals surface area contributed by atoms with E-state index < -0.39 is 29.1 Å². The zero-order valence-corrected chi connectivity index (χ0v) is 14.7. The van der Waals surface area contributed by atoms with Gasteiger partial charge in [-0.1, -0.05) is 37.6 Å². The van der Waals surface area contributed by atoms with Crippen LogP contribution in [-0.4, -0.2) is 0 Å². The lowest BCUT2D eigenvalue weighted by Gasteiger charge is -2.27. The average Bonchev–Trinajstić information content (AvgIpc) is 2.63. The van der Waals surface area contributed by atoms with Gasteiger partial charge in [0.1, 0.15) is 5.82 Å². The molecule has 0 N–H and O–H groups in total. The Morgan fingerprint density at radius 2 is 1.22 bits per heavy atom. The highest BCUT2D eigenvalue weighted by molar-refractivity contribution is 6.04. The lowest BCUT2D eigenvalue weighted by Crippen LogP contribution is -2.10. The molecule has 4 rings (SSSR count). The summed E-state index contributed by atoms with van der Waals surface area (Å²) in [6.45, 7) is 3.25. The van der Waals surface area contributed by atoms with Gasteiger partial charge >= 0.3 is 0 Å². The Hall–Kier alpha value is -2.69. The Labute approximate surface area is 153 Å². The highest BCUT2D eigenvalue weighted by Gasteiger charge is 2.34. The molecule has 1 aliphatic carbocycles. The van der Waals surface area contributed by atoms with Gasteiger partial charge in [0, 0.05) is 22.3 Å². The van der Waals surface area contributed by atoms with Gasteiger partial charge in [-0.3, -0.25) is 0 Å². The quantitative estimate of drug-likeness (QED) is 0.340. The van der Waals surface area contributed by atoms with Crippen molar-refractivity contribution in [2.75, 3.05) is 0 Å². The van der Waals surface area contributed by atoms with Crippen LogP contribution in [0.15, 0.2) is 30.3 Å². The van der Waals surface area contributed by atoms with Crippen molar-refractivity contribution >= 4 is 0 Å². The van der Waals surface area contributed by atoms with Crippen LogP contribution in [0.1, 0.15) is 24.5 Å². The van der Waals surface area contributed by atoms with E-state index in [0.29, 0.717) is 24.0 Å². The molecular weight excluding hydrogens is 359 g/mol. The van der Waals surface area contributed by atoms with Gasteiger partial charge < -0.3 is 0 Å². The van der Waals surface area contributed by atoms with Crippen LogP contribution < -0.4 is 0 Å². The SMILES string of the molecule is CCCc1cc2c(c(F)c1F)-c1c-2ccc(-c2ccc(C)c(F)c2F)c1F. The Morgan fingerprint density at radius 3 is 1.93 bits per heavy atom. The van der Waals surface area contributed by atoms with Gasteiger partial charge in [-0.2, -0.15) is 0 Å². The molecule has 0 bridgehead atoms. The maximum Gasteiger partial charge on any atom is 0.167 e. The van der Waals surface area contributed by atoms with Crippen molar-refractivity contribution < 1.29 is 22.0 Å². The molecule has 3 aromatic rings. The number of aryl methyl sites for hydroxylation is 2. The summed E-state index contributed by atoms with van der Waals surface area (Å²) in [6, 6.07) is 7.02. The van der Waals surface area contributed by atoms with Crippen LogP contribution in [0, 0.1) is 36.0 Å². The maximum atomic E-state index is 15.1. The van der Waals surface area contributed by atoms with E-state index in [2.05, 4.69) is 0 Å². The van der Waals surface area contributed by atoms with Crippen LogP contribution in [0.5, 0.6) is 0 Å². The van der Waals surface area contributed by atoms with Crippen LogP contribution >= 0.6 is 0 Å². The second kappa shape index (κ2) is 6.19. The molecule has 0 unspecified atom stereocenters. The molecule has 0 radical (unpaired) electrons. The van der Waals surface area contributed by atoms with E-state index >= 15 is 4.39 Å². The first-order chi connectivity index (χ1) is 12.9. The molecule has 138 valence electrons. The zero-order chi connectivity index (χ0) is 19.5. The predicted octanol–water partition coefficient (Wildman–Crippen LogP) is 6.96. The standard InChI is InChI=1S/C22H15F5/c1-3-4-11-9-15-12-7-8-13(14-6-5-10(2)18(23)21(14)26)20(25)16(12)17(15)22(27)19(11)24/h5-9H,3-4H2,1-2H3. The number of hydrogen-bond donors (Lipinski definition) is 0. The summed E-state index contributed by atoms with van der Waals surface area (Å²) in [5.74, 6) is -5.20. The van der Waals surface area contributed by atoms with Crippen LogP contribution in [0.2, 0.25) is 0 Å². The molecule has 0 saturated heterocycles. The van der Waals surface area contributed by atoms with Crippen LogP contribution in [-0.2, 0) is 6.42 Å². The van der Waals surface area contributed by atoms with Crippen LogP contribution in [0.3, 0.4) is 0 Å². The molecule has 0 aromatic heterocycles. The first kappa shape index (κ1) is 17.7. The summed E-state index contributed by atoms with van der Waals surface area (Å²) in [6.07, 6.45) is 1.02. The van der Waals surface area contributed by atoms with Gasteiger partial charge in [-0.15, -0.1) is 0 Å². The third-order valence-corrected chi connectivity index (χ3v) is 5.05. The minimum Gasteiger partial charge on any atom is -0.206 e. The van der Waals surface area contributed by atoms with Crippen molar-refractivity contribution in [3.05, 3.63) is 70.5 Å². The van der Waals surface area contributed by atoms with Gasteiger partial charge in [0.15, 0.2) is 23.3 Å². The Kier molecular flexibility index (Phi) is 4.06. The van der Waals surface area contributed by atoms with Gasteiger partial charge in [-0.25, -0.2) is 22.0 Å². The zero-order valence-electron chi connectivity index (χ0n) is 14.7. The van der Waals surface area contributed by atoms with E-state index in [1.54, 1.807) is 0 Å². The minimum absolute atomic E-state index is 0.0951. The molecule has 0 nitrogen and oxygen atoms in total. The number of benzene rings is 3. The Balaban J connectivity index is 1.90. The van der Waals surface area contributed by atoms with Crippen molar-refractivity contribution in [2.45, 2.75) is 26.7 Å². The molecular formula is C22H15F5. The van der Waals surface area contributed by atoms with E-state index in [4.69, 9.17) is 0 Å². The third kappa shape index (κ3) is 2.41. The molecule has 5 heteroatoms. The molecule has 0 atom stereocenters. The highest BCUT2D eigenvalue weighted by atomic mass is 19.2. The predicted molar refractivity (Wildman–Crippen MR) is 94.8 cm³/mol. The molecule has 0 heterocycles. The van der Waals surface area contributed by atoms with Crippen molar-refractivity contribution in [1.82, 2.24) is 0 Å². The Morgan fingerprint density at radius 1 is 0.630 bits per heavy atom. The fraction of sp³-hybridized carbons (Fsp3) is 0.182. The van der Waals surface area contributed by atoms with Crippen molar-refractivity contribution in [3.63, 3.8) is 0 Å². The molecule has 0 spiro atoms. The van der Waals surface area contributed by atoms with Crippen molar-refractivity contribution in [1.29, 1.82) is 0 Å².